The lowest BCUT2D eigenvalue weighted by Gasteiger charge is -2.08. The Hall–Kier alpha value is -3.58. The van der Waals surface area contributed by atoms with E-state index in [1.807, 2.05) is 30.3 Å². The van der Waals surface area contributed by atoms with Gasteiger partial charge in [-0.1, -0.05) is 48.5 Å². The predicted octanol–water partition coefficient (Wildman–Crippen LogP) is 5.43. The van der Waals surface area contributed by atoms with Crippen molar-refractivity contribution in [3.05, 3.63) is 95.2 Å². The van der Waals surface area contributed by atoms with Crippen molar-refractivity contribution in [3.8, 4) is 11.1 Å². The molecular formula is C25H20F3NO3. The highest BCUT2D eigenvalue weighted by molar-refractivity contribution is 5.98. The highest BCUT2D eigenvalue weighted by atomic mass is 19.4. The van der Waals surface area contributed by atoms with Crippen LogP contribution in [-0.4, -0.2) is 24.2 Å². The first-order valence-electron chi connectivity index (χ1n) is 10.0. The number of carbonyl (C=O) groups is 1. The van der Waals surface area contributed by atoms with Gasteiger partial charge in [-0.2, -0.15) is 13.2 Å². The zero-order valence-electron chi connectivity index (χ0n) is 16.9. The number of halogens is 3. The van der Waals surface area contributed by atoms with Gasteiger partial charge < -0.3 is 14.8 Å². The van der Waals surface area contributed by atoms with Gasteiger partial charge in [-0.3, -0.25) is 4.79 Å². The summed E-state index contributed by atoms with van der Waals surface area (Å²) in [5.41, 5.74) is 2.40. The minimum absolute atomic E-state index is 0.147. The molecule has 0 fully saturated rings. The number of carbonyl (C=O) groups excluding carboxylic acids is 1. The molecule has 3 aromatic carbocycles. The van der Waals surface area contributed by atoms with Crippen molar-refractivity contribution in [2.24, 2.45) is 0 Å². The minimum Gasteiger partial charge on any atom is -0.460 e. The number of rotatable bonds is 6. The number of hydrogen-bond acceptors (Lipinski definition) is 3. The summed E-state index contributed by atoms with van der Waals surface area (Å²) in [7, 11) is 0. The average Bonchev–Trinajstić information content (AvgIpc) is 3.19. The summed E-state index contributed by atoms with van der Waals surface area (Å²) in [5, 5.41) is 12.3. The summed E-state index contributed by atoms with van der Waals surface area (Å²) in [6.45, 7) is 0.0154. The molecule has 0 aliphatic heterocycles. The van der Waals surface area contributed by atoms with Crippen LogP contribution in [0.25, 0.3) is 22.1 Å². The lowest BCUT2D eigenvalue weighted by atomic mass is 10.0. The van der Waals surface area contributed by atoms with E-state index in [9.17, 15) is 18.0 Å². The highest BCUT2D eigenvalue weighted by Gasteiger charge is 2.30. The third-order valence-electron chi connectivity index (χ3n) is 5.06. The first kappa shape index (κ1) is 21.6. The van der Waals surface area contributed by atoms with E-state index in [4.69, 9.17) is 9.52 Å². The molecule has 1 amide bonds. The van der Waals surface area contributed by atoms with Crippen LogP contribution >= 0.6 is 0 Å². The summed E-state index contributed by atoms with van der Waals surface area (Å²) in [4.78, 5) is 12.2. The lowest BCUT2D eigenvalue weighted by molar-refractivity contribution is -0.137. The molecule has 0 bridgehead atoms. The second-order valence-corrected chi connectivity index (χ2v) is 7.37. The van der Waals surface area contributed by atoms with E-state index in [1.165, 1.54) is 6.07 Å². The molecule has 0 aliphatic rings. The van der Waals surface area contributed by atoms with E-state index in [-0.39, 0.29) is 25.5 Å². The number of aliphatic hydroxyl groups excluding tert-OH is 1. The van der Waals surface area contributed by atoms with Crippen LogP contribution in [0.1, 0.15) is 27.2 Å². The Kier molecular flexibility index (Phi) is 6.01. The van der Waals surface area contributed by atoms with Gasteiger partial charge in [-0.05, 0) is 35.4 Å². The normalized spacial score (nSPS) is 11.6. The Morgan fingerprint density at radius 2 is 1.75 bits per heavy atom. The SMILES string of the molecule is O=C(NCCO)c1cccc(-c2cccc3cc(Cc4cccc(C(F)(F)F)c4)oc23)c1. The predicted molar refractivity (Wildman–Crippen MR) is 115 cm³/mol. The van der Waals surface area contributed by atoms with E-state index in [2.05, 4.69) is 5.32 Å². The van der Waals surface area contributed by atoms with Crippen LogP contribution in [0.4, 0.5) is 13.2 Å². The summed E-state index contributed by atoms with van der Waals surface area (Å²) in [6, 6.07) is 19.6. The van der Waals surface area contributed by atoms with E-state index in [1.54, 1.807) is 24.3 Å². The van der Waals surface area contributed by atoms with Crippen LogP contribution < -0.4 is 5.32 Å². The summed E-state index contributed by atoms with van der Waals surface area (Å²) < 4.78 is 45.1. The number of alkyl halides is 3. The van der Waals surface area contributed by atoms with Crippen LogP contribution in [-0.2, 0) is 12.6 Å². The number of aliphatic hydroxyl groups is 1. The first-order valence-corrected chi connectivity index (χ1v) is 10.0. The number of benzene rings is 3. The minimum atomic E-state index is -4.40. The van der Waals surface area contributed by atoms with Gasteiger partial charge in [0.25, 0.3) is 5.91 Å². The highest BCUT2D eigenvalue weighted by Crippen LogP contribution is 2.33. The molecule has 7 heteroatoms. The molecule has 1 aromatic heterocycles. The first-order chi connectivity index (χ1) is 15.3. The number of amides is 1. The van der Waals surface area contributed by atoms with Crippen molar-refractivity contribution < 1.29 is 27.5 Å². The molecule has 0 unspecified atom stereocenters. The second-order valence-electron chi connectivity index (χ2n) is 7.37. The fourth-order valence-corrected chi connectivity index (χ4v) is 3.59. The average molecular weight is 439 g/mol. The van der Waals surface area contributed by atoms with Crippen molar-refractivity contribution >= 4 is 16.9 Å². The zero-order valence-corrected chi connectivity index (χ0v) is 16.9. The molecule has 0 aliphatic carbocycles. The number of hydrogen-bond donors (Lipinski definition) is 2. The molecule has 0 spiro atoms. The topological polar surface area (TPSA) is 62.5 Å². The van der Waals surface area contributed by atoms with Gasteiger partial charge in [0.2, 0.25) is 0 Å². The molecule has 0 atom stereocenters. The van der Waals surface area contributed by atoms with Crippen LogP contribution in [0, 0.1) is 0 Å². The zero-order chi connectivity index (χ0) is 22.7. The third-order valence-corrected chi connectivity index (χ3v) is 5.06. The molecule has 164 valence electrons. The van der Waals surface area contributed by atoms with Gasteiger partial charge in [0.15, 0.2) is 0 Å². The summed E-state index contributed by atoms with van der Waals surface area (Å²) in [5.74, 6) is 0.251. The third kappa shape index (κ3) is 4.68. The maximum absolute atomic E-state index is 13.0. The maximum atomic E-state index is 13.0. The van der Waals surface area contributed by atoms with Crippen molar-refractivity contribution in [2.45, 2.75) is 12.6 Å². The fourth-order valence-electron chi connectivity index (χ4n) is 3.59. The van der Waals surface area contributed by atoms with E-state index in [0.717, 1.165) is 28.6 Å². The van der Waals surface area contributed by atoms with Crippen molar-refractivity contribution in [3.63, 3.8) is 0 Å². The van der Waals surface area contributed by atoms with Crippen molar-refractivity contribution in [1.82, 2.24) is 5.32 Å². The molecule has 32 heavy (non-hydrogen) atoms. The molecule has 2 N–H and O–H groups in total. The van der Waals surface area contributed by atoms with Gasteiger partial charge in [0.1, 0.15) is 11.3 Å². The molecular weight excluding hydrogens is 419 g/mol. The second kappa shape index (κ2) is 8.88. The number of nitrogens with one attached hydrogen (secondary N) is 1. The quantitative estimate of drug-likeness (QED) is 0.421. The summed E-state index contributed by atoms with van der Waals surface area (Å²) in [6.07, 6.45) is -4.17. The largest absolute Gasteiger partial charge is 0.460 e. The smallest absolute Gasteiger partial charge is 0.416 e. The Labute approximate surface area is 182 Å². The molecule has 4 rings (SSSR count). The molecule has 1 heterocycles. The van der Waals surface area contributed by atoms with Crippen molar-refractivity contribution in [2.75, 3.05) is 13.2 Å². The molecule has 0 radical (unpaired) electrons. The van der Waals surface area contributed by atoms with Crippen LogP contribution in [0.5, 0.6) is 0 Å². The Bertz CT molecular complexity index is 1260. The van der Waals surface area contributed by atoms with Gasteiger partial charge in [-0.25, -0.2) is 0 Å². The van der Waals surface area contributed by atoms with Crippen molar-refractivity contribution in [1.29, 1.82) is 0 Å². The number of para-hydroxylation sites is 1. The van der Waals surface area contributed by atoms with Gasteiger partial charge in [0.05, 0.1) is 12.2 Å². The Balaban J connectivity index is 1.66. The van der Waals surface area contributed by atoms with E-state index < -0.39 is 11.7 Å². The standard InChI is InChI=1S/C25H20F3NO3/c26-25(27,28)20-8-1-4-16(12-20)13-21-15-18-6-3-9-22(23(18)32-21)17-5-2-7-19(14-17)24(31)29-10-11-30/h1-9,12,14-15,30H,10-11,13H2,(H,29,31). The Morgan fingerprint density at radius 3 is 2.53 bits per heavy atom. The molecule has 4 nitrogen and oxygen atoms in total. The molecule has 4 aromatic rings. The number of fused-ring (bicyclic) bond motifs is 1. The molecule has 0 saturated heterocycles. The number of furan rings is 1. The maximum Gasteiger partial charge on any atom is 0.416 e. The van der Waals surface area contributed by atoms with Gasteiger partial charge in [-0.15, -0.1) is 0 Å². The summed E-state index contributed by atoms with van der Waals surface area (Å²) >= 11 is 0. The fraction of sp³-hybridized carbons (Fsp3) is 0.160. The van der Waals surface area contributed by atoms with Crippen LogP contribution in [0.15, 0.2) is 77.2 Å². The Morgan fingerprint density at radius 1 is 0.969 bits per heavy atom. The van der Waals surface area contributed by atoms with Crippen LogP contribution in [0.2, 0.25) is 0 Å². The van der Waals surface area contributed by atoms with Gasteiger partial charge >= 0.3 is 6.18 Å². The monoisotopic (exact) mass is 439 g/mol. The lowest BCUT2D eigenvalue weighted by Crippen LogP contribution is -2.26. The molecule has 0 saturated carbocycles. The van der Waals surface area contributed by atoms with Crippen LogP contribution in [0.3, 0.4) is 0 Å². The van der Waals surface area contributed by atoms with Gasteiger partial charge in [0, 0.05) is 29.5 Å². The van der Waals surface area contributed by atoms with E-state index in [0.29, 0.717) is 22.5 Å². The van der Waals surface area contributed by atoms with E-state index >= 15 is 0 Å².